The summed E-state index contributed by atoms with van der Waals surface area (Å²) in [6, 6.07) is 7.39. The van der Waals surface area contributed by atoms with Crippen molar-refractivity contribution >= 4 is 5.91 Å². The number of nitrogens with one attached hydrogen (secondary N) is 1. The number of hydrogen-bond acceptors (Lipinski definition) is 3. The molecule has 0 aliphatic rings. The van der Waals surface area contributed by atoms with Crippen molar-refractivity contribution in [3.8, 4) is 5.75 Å². The fourth-order valence-electron chi connectivity index (χ4n) is 1.36. The molecule has 4 nitrogen and oxygen atoms in total. The third-order valence-electron chi connectivity index (χ3n) is 2.09. The molecular weight excluding hydrogens is 206 g/mol. The van der Waals surface area contributed by atoms with Crippen LogP contribution in [0.25, 0.3) is 0 Å². The maximum absolute atomic E-state index is 11.2. The molecule has 0 aliphatic heterocycles. The lowest BCUT2D eigenvalue weighted by Gasteiger charge is -2.10. The Kier molecular flexibility index (Phi) is 5.36. The molecule has 0 radical (unpaired) electrons. The molecule has 0 fully saturated rings. The van der Waals surface area contributed by atoms with Gasteiger partial charge in [0, 0.05) is 13.2 Å². The molecule has 2 N–H and O–H groups in total. The molecule has 0 aliphatic carbocycles. The summed E-state index contributed by atoms with van der Waals surface area (Å²) in [5, 5.41) is 11.5. The molecule has 1 aromatic rings. The first-order chi connectivity index (χ1) is 7.77. The van der Waals surface area contributed by atoms with Gasteiger partial charge in [-0.3, -0.25) is 4.79 Å². The minimum atomic E-state index is -0.138. The highest BCUT2D eigenvalue weighted by Crippen LogP contribution is 2.17. The summed E-state index contributed by atoms with van der Waals surface area (Å²) in [4.78, 5) is 11.2. The van der Waals surface area contributed by atoms with E-state index < -0.39 is 0 Å². The number of aliphatic hydroxyl groups is 1. The maximum atomic E-state index is 11.2. The summed E-state index contributed by atoms with van der Waals surface area (Å²) in [6.45, 7) is 2.54. The fourth-order valence-corrected chi connectivity index (χ4v) is 1.36. The SMILES string of the molecule is CCNC(=O)COc1ccccc1CCO. The van der Waals surface area contributed by atoms with Crippen molar-refractivity contribution in [2.75, 3.05) is 19.8 Å². The molecule has 4 heteroatoms. The van der Waals surface area contributed by atoms with Gasteiger partial charge in [-0.25, -0.2) is 0 Å². The Balaban J connectivity index is 2.55. The molecule has 0 heterocycles. The number of carbonyl (C=O) groups is 1. The summed E-state index contributed by atoms with van der Waals surface area (Å²) in [5.41, 5.74) is 0.911. The minimum absolute atomic E-state index is 0.0102. The van der Waals surface area contributed by atoms with E-state index in [0.29, 0.717) is 18.7 Å². The highest BCUT2D eigenvalue weighted by atomic mass is 16.5. The Morgan fingerprint density at radius 3 is 2.88 bits per heavy atom. The average molecular weight is 223 g/mol. The number of aliphatic hydroxyl groups excluding tert-OH is 1. The molecule has 0 saturated heterocycles. The lowest BCUT2D eigenvalue weighted by atomic mass is 10.1. The molecule has 1 amide bonds. The van der Waals surface area contributed by atoms with E-state index in [1.807, 2.05) is 25.1 Å². The van der Waals surface area contributed by atoms with Gasteiger partial charge in [0.2, 0.25) is 0 Å². The molecule has 0 aromatic heterocycles. The third-order valence-corrected chi connectivity index (χ3v) is 2.09. The zero-order valence-corrected chi connectivity index (χ0v) is 9.40. The van der Waals surface area contributed by atoms with E-state index in [9.17, 15) is 4.79 Å². The largest absolute Gasteiger partial charge is 0.483 e. The van der Waals surface area contributed by atoms with Crippen LogP contribution in [0.4, 0.5) is 0 Å². The summed E-state index contributed by atoms with van der Waals surface area (Å²) >= 11 is 0. The molecule has 1 rings (SSSR count). The van der Waals surface area contributed by atoms with Gasteiger partial charge in [-0.1, -0.05) is 18.2 Å². The first kappa shape index (κ1) is 12.5. The number of para-hydroxylation sites is 1. The fraction of sp³-hybridized carbons (Fsp3) is 0.417. The molecule has 0 saturated carbocycles. The second-order valence-electron chi connectivity index (χ2n) is 3.32. The van der Waals surface area contributed by atoms with E-state index >= 15 is 0 Å². The summed E-state index contributed by atoms with van der Waals surface area (Å²) in [7, 11) is 0. The van der Waals surface area contributed by atoms with Crippen LogP contribution in [-0.2, 0) is 11.2 Å². The van der Waals surface area contributed by atoms with Gasteiger partial charge >= 0.3 is 0 Å². The van der Waals surface area contributed by atoms with E-state index in [1.54, 1.807) is 6.07 Å². The number of likely N-dealkylation sites (N-methyl/N-ethyl adjacent to an activating group) is 1. The molecular formula is C12H17NO3. The van der Waals surface area contributed by atoms with E-state index in [4.69, 9.17) is 9.84 Å². The highest BCUT2D eigenvalue weighted by molar-refractivity contribution is 5.77. The summed E-state index contributed by atoms with van der Waals surface area (Å²) in [5.74, 6) is 0.518. The Morgan fingerprint density at radius 2 is 2.19 bits per heavy atom. The van der Waals surface area contributed by atoms with Gasteiger partial charge in [0.1, 0.15) is 5.75 Å². The van der Waals surface area contributed by atoms with Crippen molar-refractivity contribution in [2.45, 2.75) is 13.3 Å². The van der Waals surface area contributed by atoms with E-state index in [0.717, 1.165) is 5.56 Å². The Morgan fingerprint density at radius 1 is 1.44 bits per heavy atom. The average Bonchev–Trinajstić information content (AvgIpc) is 2.29. The van der Waals surface area contributed by atoms with Gasteiger partial charge in [0.05, 0.1) is 0 Å². The Hall–Kier alpha value is -1.55. The molecule has 16 heavy (non-hydrogen) atoms. The standard InChI is InChI=1S/C12H17NO3/c1-2-13-12(15)9-16-11-6-4-3-5-10(11)7-8-14/h3-6,14H,2,7-9H2,1H3,(H,13,15). The van der Waals surface area contributed by atoms with Crippen LogP contribution in [0.5, 0.6) is 5.75 Å². The van der Waals surface area contributed by atoms with E-state index in [-0.39, 0.29) is 19.1 Å². The zero-order chi connectivity index (χ0) is 11.8. The predicted octanol–water partition coefficient (Wildman–Crippen LogP) is 0.736. The van der Waals surface area contributed by atoms with Crippen molar-refractivity contribution in [3.05, 3.63) is 29.8 Å². The third kappa shape index (κ3) is 3.90. The van der Waals surface area contributed by atoms with Gasteiger partial charge in [0.25, 0.3) is 5.91 Å². The molecule has 0 unspecified atom stereocenters. The monoisotopic (exact) mass is 223 g/mol. The number of hydrogen-bond donors (Lipinski definition) is 2. The van der Waals surface area contributed by atoms with Crippen LogP contribution >= 0.6 is 0 Å². The van der Waals surface area contributed by atoms with Crippen molar-refractivity contribution in [2.24, 2.45) is 0 Å². The van der Waals surface area contributed by atoms with Crippen LogP contribution in [-0.4, -0.2) is 30.8 Å². The normalized spacial score (nSPS) is 9.88. The zero-order valence-electron chi connectivity index (χ0n) is 9.40. The van der Waals surface area contributed by atoms with Crippen LogP contribution in [0.2, 0.25) is 0 Å². The highest BCUT2D eigenvalue weighted by Gasteiger charge is 2.05. The number of carbonyl (C=O) groups excluding carboxylic acids is 1. The van der Waals surface area contributed by atoms with Crippen LogP contribution in [0, 0.1) is 0 Å². The quantitative estimate of drug-likeness (QED) is 0.747. The van der Waals surface area contributed by atoms with Crippen LogP contribution in [0.1, 0.15) is 12.5 Å². The molecule has 0 bridgehead atoms. The summed E-state index contributed by atoms with van der Waals surface area (Å²) < 4.78 is 5.38. The molecule has 1 aromatic carbocycles. The van der Waals surface area contributed by atoms with E-state index in [1.165, 1.54) is 0 Å². The first-order valence-electron chi connectivity index (χ1n) is 5.36. The Bertz CT molecular complexity index is 339. The van der Waals surface area contributed by atoms with Crippen molar-refractivity contribution in [1.82, 2.24) is 5.32 Å². The summed E-state index contributed by atoms with van der Waals surface area (Å²) in [6.07, 6.45) is 0.533. The lowest BCUT2D eigenvalue weighted by Crippen LogP contribution is -2.28. The van der Waals surface area contributed by atoms with Gasteiger partial charge < -0.3 is 15.2 Å². The lowest BCUT2D eigenvalue weighted by molar-refractivity contribution is -0.122. The van der Waals surface area contributed by atoms with Crippen LogP contribution in [0.15, 0.2) is 24.3 Å². The van der Waals surface area contributed by atoms with Crippen molar-refractivity contribution < 1.29 is 14.6 Å². The molecule has 88 valence electrons. The maximum Gasteiger partial charge on any atom is 0.257 e. The first-order valence-corrected chi connectivity index (χ1v) is 5.36. The number of amides is 1. The van der Waals surface area contributed by atoms with Gasteiger partial charge in [-0.2, -0.15) is 0 Å². The molecule has 0 atom stereocenters. The topological polar surface area (TPSA) is 58.6 Å². The van der Waals surface area contributed by atoms with Crippen LogP contribution in [0.3, 0.4) is 0 Å². The van der Waals surface area contributed by atoms with Crippen LogP contribution < -0.4 is 10.1 Å². The van der Waals surface area contributed by atoms with Gasteiger partial charge in [0.15, 0.2) is 6.61 Å². The van der Waals surface area contributed by atoms with Crippen molar-refractivity contribution in [3.63, 3.8) is 0 Å². The van der Waals surface area contributed by atoms with Gasteiger partial charge in [-0.05, 0) is 25.0 Å². The Labute approximate surface area is 95.2 Å². The van der Waals surface area contributed by atoms with E-state index in [2.05, 4.69) is 5.32 Å². The smallest absolute Gasteiger partial charge is 0.257 e. The number of benzene rings is 1. The predicted molar refractivity (Wildman–Crippen MR) is 61.4 cm³/mol. The van der Waals surface area contributed by atoms with Crippen molar-refractivity contribution in [1.29, 1.82) is 0 Å². The second kappa shape index (κ2) is 6.85. The number of rotatable bonds is 6. The van der Waals surface area contributed by atoms with Gasteiger partial charge in [-0.15, -0.1) is 0 Å². The number of ether oxygens (including phenoxy) is 1. The molecule has 0 spiro atoms. The second-order valence-corrected chi connectivity index (χ2v) is 3.32. The minimum Gasteiger partial charge on any atom is -0.483 e.